The third-order valence-corrected chi connectivity index (χ3v) is 2.74. The first kappa shape index (κ1) is 17.0. The van der Waals surface area contributed by atoms with E-state index >= 15 is 0 Å². The van der Waals surface area contributed by atoms with E-state index in [9.17, 15) is 22.8 Å². The third-order valence-electron chi connectivity index (χ3n) is 2.32. The predicted molar refractivity (Wildman–Crippen MR) is 72.8 cm³/mol. The van der Waals surface area contributed by atoms with Gasteiger partial charge in [0.2, 0.25) is 11.8 Å². The molecule has 1 aromatic carbocycles. The lowest BCUT2D eigenvalue weighted by Gasteiger charge is -2.12. The van der Waals surface area contributed by atoms with Gasteiger partial charge in [-0.2, -0.15) is 13.2 Å². The third kappa shape index (κ3) is 5.47. The molecule has 0 spiro atoms. The second-order valence-corrected chi connectivity index (χ2v) is 4.60. The van der Waals surface area contributed by atoms with E-state index in [0.29, 0.717) is 16.3 Å². The minimum atomic E-state index is -4.83. The Morgan fingerprint density at radius 3 is 2.38 bits per heavy atom. The average molecular weight is 321 g/mol. The number of aryl methyl sites for hydroxylation is 1. The summed E-state index contributed by atoms with van der Waals surface area (Å²) in [6.45, 7) is 2.60. The number of rotatable bonds is 3. The van der Waals surface area contributed by atoms with Gasteiger partial charge in [-0.1, -0.05) is 11.6 Å². The van der Waals surface area contributed by atoms with Gasteiger partial charge in [0.05, 0.1) is 0 Å². The highest BCUT2D eigenvalue weighted by Crippen LogP contribution is 2.24. The molecule has 0 aliphatic carbocycles. The standard InChI is InChI=1S/C13H12ClF3N2O2/c1-7-5-9(3-4-10(7)14)19-12(21)6-11(13(15,16)17)18-8(2)20/h3-6H,1-2H3,(H,18,20)(H,19,21)/b11-6-. The number of hydrogen-bond donors (Lipinski definition) is 2. The molecule has 0 aliphatic heterocycles. The molecule has 2 N–H and O–H groups in total. The highest BCUT2D eigenvalue weighted by atomic mass is 35.5. The first-order valence-electron chi connectivity index (χ1n) is 5.73. The van der Waals surface area contributed by atoms with Crippen LogP contribution in [-0.2, 0) is 9.59 Å². The minimum absolute atomic E-state index is 0.283. The normalized spacial score (nSPS) is 12.0. The summed E-state index contributed by atoms with van der Waals surface area (Å²) in [6.07, 6.45) is -4.55. The van der Waals surface area contributed by atoms with Crippen molar-refractivity contribution in [3.05, 3.63) is 40.6 Å². The Balaban J connectivity index is 2.92. The van der Waals surface area contributed by atoms with Crippen LogP contribution in [0, 0.1) is 6.92 Å². The van der Waals surface area contributed by atoms with E-state index in [4.69, 9.17) is 11.6 Å². The molecule has 8 heteroatoms. The number of carbonyl (C=O) groups is 2. The summed E-state index contributed by atoms with van der Waals surface area (Å²) in [4.78, 5) is 22.3. The van der Waals surface area contributed by atoms with Crippen molar-refractivity contribution in [3.8, 4) is 0 Å². The molecule has 0 saturated heterocycles. The highest BCUT2D eigenvalue weighted by Gasteiger charge is 2.35. The number of anilines is 1. The van der Waals surface area contributed by atoms with Crippen molar-refractivity contribution in [3.63, 3.8) is 0 Å². The van der Waals surface area contributed by atoms with Crippen molar-refractivity contribution in [2.24, 2.45) is 0 Å². The molecule has 0 heterocycles. The van der Waals surface area contributed by atoms with Crippen LogP contribution in [0.3, 0.4) is 0 Å². The lowest BCUT2D eigenvalue weighted by Crippen LogP contribution is -2.31. The second-order valence-electron chi connectivity index (χ2n) is 4.19. The smallest absolute Gasteiger partial charge is 0.322 e. The van der Waals surface area contributed by atoms with Gasteiger partial charge in [-0.15, -0.1) is 0 Å². The van der Waals surface area contributed by atoms with Crippen LogP contribution in [-0.4, -0.2) is 18.0 Å². The molecule has 0 saturated carbocycles. The number of halogens is 4. The van der Waals surface area contributed by atoms with Crippen LogP contribution in [0.2, 0.25) is 5.02 Å². The van der Waals surface area contributed by atoms with E-state index in [1.54, 1.807) is 12.2 Å². The SMILES string of the molecule is CC(=O)N/C(=C\C(=O)Nc1ccc(Cl)c(C)c1)C(F)(F)F. The molecule has 2 amide bonds. The fraction of sp³-hybridized carbons (Fsp3) is 0.231. The van der Waals surface area contributed by atoms with Gasteiger partial charge in [0, 0.05) is 23.7 Å². The van der Waals surface area contributed by atoms with Crippen LogP contribution < -0.4 is 10.6 Å². The number of carbonyl (C=O) groups excluding carboxylic acids is 2. The summed E-state index contributed by atoms with van der Waals surface area (Å²) in [7, 11) is 0. The zero-order chi connectivity index (χ0) is 16.2. The highest BCUT2D eigenvalue weighted by molar-refractivity contribution is 6.31. The maximum Gasteiger partial charge on any atom is 0.431 e. The van der Waals surface area contributed by atoms with Gasteiger partial charge in [0.25, 0.3) is 0 Å². The van der Waals surface area contributed by atoms with Crippen LogP contribution in [0.1, 0.15) is 12.5 Å². The largest absolute Gasteiger partial charge is 0.431 e. The number of hydrogen-bond acceptors (Lipinski definition) is 2. The van der Waals surface area contributed by atoms with Crippen molar-refractivity contribution in [2.75, 3.05) is 5.32 Å². The van der Waals surface area contributed by atoms with Gasteiger partial charge < -0.3 is 10.6 Å². The molecule has 0 bridgehead atoms. The summed E-state index contributed by atoms with van der Waals surface area (Å²) >= 11 is 5.80. The van der Waals surface area contributed by atoms with Gasteiger partial charge in [0.1, 0.15) is 5.70 Å². The Morgan fingerprint density at radius 2 is 1.90 bits per heavy atom. The van der Waals surface area contributed by atoms with E-state index in [2.05, 4.69) is 5.32 Å². The molecule has 1 rings (SSSR count). The van der Waals surface area contributed by atoms with Crippen LogP contribution in [0.4, 0.5) is 18.9 Å². The van der Waals surface area contributed by atoms with Gasteiger partial charge in [-0.3, -0.25) is 9.59 Å². The molecule has 1 aromatic rings. The predicted octanol–water partition coefficient (Wildman–Crippen LogP) is 3.17. The lowest BCUT2D eigenvalue weighted by atomic mass is 10.2. The van der Waals surface area contributed by atoms with E-state index in [1.165, 1.54) is 18.2 Å². The summed E-state index contributed by atoms with van der Waals surface area (Å²) in [5.74, 6) is -1.94. The number of alkyl halides is 3. The Labute approximate surface area is 124 Å². The monoisotopic (exact) mass is 320 g/mol. The van der Waals surface area contributed by atoms with Crippen LogP contribution in [0.15, 0.2) is 30.0 Å². The van der Waals surface area contributed by atoms with Crippen molar-refractivity contribution >= 4 is 29.1 Å². The summed E-state index contributed by atoms with van der Waals surface area (Å²) < 4.78 is 37.8. The lowest BCUT2D eigenvalue weighted by molar-refractivity contribution is -0.125. The fourth-order valence-electron chi connectivity index (χ4n) is 1.41. The summed E-state index contributed by atoms with van der Waals surface area (Å²) in [6, 6.07) is 4.47. The quantitative estimate of drug-likeness (QED) is 0.840. The Kier molecular flexibility index (Phi) is 5.37. The second kappa shape index (κ2) is 6.62. The van der Waals surface area contributed by atoms with Gasteiger partial charge in [-0.25, -0.2) is 0 Å². The van der Waals surface area contributed by atoms with Crippen LogP contribution in [0.5, 0.6) is 0 Å². The molecular formula is C13H12ClF3N2O2. The number of nitrogens with one attached hydrogen (secondary N) is 2. The van der Waals surface area contributed by atoms with Gasteiger partial charge in [-0.05, 0) is 30.7 Å². The molecule has 4 nitrogen and oxygen atoms in total. The molecular weight excluding hydrogens is 309 g/mol. The minimum Gasteiger partial charge on any atom is -0.322 e. The Morgan fingerprint density at radius 1 is 1.29 bits per heavy atom. The maximum absolute atomic E-state index is 12.6. The molecule has 0 fully saturated rings. The molecule has 0 aromatic heterocycles. The van der Waals surface area contributed by atoms with Crippen molar-refractivity contribution in [1.29, 1.82) is 0 Å². The van der Waals surface area contributed by atoms with E-state index in [-0.39, 0.29) is 6.08 Å². The number of amides is 2. The first-order valence-corrected chi connectivity index (χ1v) is 6.11. The van der Waals surface area contributed by atoms with Crippen molar-refractivity contribution in [2.45, 2.75) is 20.0 Å². The fourth-order valence-corrected chi connectivity index (χ4v) is 1.53. The molecule has 0 aliphatic rings. The molecule has 114 valence electrons. The molecule has 0 unspecified atom stereocenters. The van der Waals surface area contributed by atoms with E-state index in [0.717, 1.165) is 6.92 Å². The summed E-state index contributed by atoms with van der Waals surface area (Å²) in [5, 5.41) is 4.30. The van der Waals surface area contributed by atoms with E-state index in [1.807, 2.05) is 0 Å². The number of benzene rings is 1. The van der Waals surface area contributed by atoms with Crippen LogP contribution in [0.25, 0.3) is 0 Å². The van der Waals surface area contributed by atoms with Gasteiger partial charge in [0.15, 0.2) is 0 Å². The molecule has 0 atom stereocenters. The topological polar surface area (TPSA) is 58.2 Å². The maximum atomic E-state index is 12.6. The number of allylic oxidation sites excluding steroid dienone is 1. The van der Waals surface area contributed by atoms with Gasteiger partial charge >= 0.3 is 6.18 Å². The molecule has 0 radical (unpaired) electrons. The van der Waals surface area contributed by atoms with Crippen molar-refractivity contribution < 1.29 is 22.8 Å². The Bertz CT molecular complexity index is 598. The van der Waals surface area contributed by atoms with E-state index < -0.39 is 23.7 Å². The average Bonchev–Trinajstić information content (AvgIpc) is 2.31. The zero-order valence-corrected chi connectivity index (χ0v) is 11.9. The zero-order valence-electron chi connectivity index (χ0n) is 11.1. The van der Waals surface area contributed by atoms with Crippen LogP contribution >= 0.6 is 11.6 Å². The summed E-state index contributed by atoms with van der Waals surface area (Å²) in [5.41, 5.74) is -0.475. The van der Waals surface area contributed by atoms with Crippen molar-refractivity contribution in [1.82, 2.24) is 5.32 Å². The Hall–Kier alpha value is -2.02. The molecule has 21 heavy (non-hydrogen) atoms. The first-order chi connectivity index (χ1) is 9.59.